The molecule has 0 unspecified atom stereocenters. The Labute approximate surface area is 219 Å². The summed E-state index contributed by atoms with van der Waals surface area (Å²) in [6, 6.07) is 8.18. The molecule has 2 aromatic rings. The van der Waals surface area contributed by atoms with E-state index in [-0.39, 0.29) is 24.0 Å². The fraction of sp³-hybridized carbons (Fsp3) is 0.679. The number of hydrogen-bond donors (Lipinski definition) is 0. The SMILES string of the molecule is CCCCCCCCCCCCCCCCCCN=c1ccn(C)c2cc(Cl)ccc12.I. The third-order valence-corrected chi connectivity index (χ3v) is 6.60. The summed E-state index contributed by atoms with van der Waals surface area (Å²) in [5.41, 5.74) is 1.14. The van der Waals surface area contributed by atoms with Gasteiger partial charge in [0, 0.05) is 30.2 Å². The highest BCUT2D eigenvalue weighted by Crippen LogP contribution is 2.16. The predicted molar refractivity (Wildman–Crippen MR) is 153 cm³/mol. The first kappa shape index (κ1) is 29.5. The van der Waals surface area contributed by atoms with E-state index in [0.717, 1.165) is 22.4 Å². The van der Waals surface area contributed by atoms with E-state index in [9.17, 15) is 0 Å². The third-order valence-electron chi connectivity index (χ3n) is 6.37. The van der Waals surface area contributed by atoms with E-state index in [4.69, 9.17) is 16.6 Å². The van der Waals surface area contributed by atoms with Crippen molar-refractivity contribution in [3.05, 3.63) is 40.8 Å². The number of unbranched alkanes of at least 4 members (excludes halogenated alkanes) is 15. The molecule has 182 valence electrons. The van der Waals surface area contributed by atoms with Crippen molar-refractivity contribution in [3.8, 4) is 0 Å². The Kier molecular flexibility index (Phi) is 17.3. The van der Waals surface area contributed by atoms with Crippen LogP contribution in [0.5, 0.6) is 0 Å². The van der Waals surface area contributed by atoms with Crippen LogP contribution in [-0.2, 0) is 7.05 Å². The van der Waals surface area contributed by atoms with E-state index in [1.54, 1.807) is 0 Å². The Bertz CT molecular complexity index is 800. The summed E-state index contributed by atoms with van der Waals surface area (Å²) < 4.78 is 2.11. The van der Waals surface area contributed by atoms with E-state index in [1.165, 1.54) is 108 Å². The number of nitrogens with zero attached hydrogens (tertiary/aromatic N) is 2. The summed E-state index contributed by atoms with van der Waals surface area (Å²) in [6.45, 7) is 3.21. The highest BCUT2D eigenvalue weighted by Gasteiger charge is 2.00. The molecule has 0 fully saturated rings. The maximum Gasteiger partial charge on any atom is 0.0682 e. The first-order valence-electron chi connectivity index (χ1n) is 13.0. The van der Waals surface area contributed by atoms with Gasteiger partial charge in [-0.2, -0.15) is 0 Å². The van der Waals surface area contributed by atoms with Crippen LogP contribution in [0.25, 0.3) is 10.9 Å². The van der Waals surface area contributed by atoms with Crippen molar-refractivity contribution >= 4 is 46.5 Å². The van der Waals surface area contributed by atoms with Crippen LogP contribution < -0.4 is 5.36 Å². The average molecular weight is 573 g/mol. The Morgan fingerprint density at radius 2 is 1.22 bits per heavy atom. The first-order chi connectivity index (χ1) is 15.2. The smallest absolute Gasteiger partial charge is 0.0682 e. The van der Waals surface area contributed by atoms with Gasteiger partial charge in [-0.3, -0.25) is 4.99 Å². The van der Waals surface area contributed by atoms with Crippen LogP contribution in [0.15, 0.2) is 35.5 Å². The topological polar surface area (TPSA) is 17.3 Å². The van der Waals surface area contributed by atoms with Crippen molar-refractivity contribution in [1.82, 2.24) is 4.57 Å². The van der Waals surface area contributed by atoms with E-state index in [2.05, 4.69) is 36.9 Å². The quantitative estimate of drug-likeness (QED) is 0.133. The minimum Gasteiger partial charge on any atom is -0.350 e. The van der Waals surface area contributed by atoms with Gasteiger partial charge in [-0.05, 0) is 30.7 Å². The Hall–Kier alpha value is -0.550. The van der Waals surface area contributed by atoms with Crippen molar-refractivity contribution in [2.24, 2.45) is 12.0 Å². The Morgan fingerprint density at radius 3 is 1.75 bits per heavy atom. The molecule has 0 atom stereocenters. The molecule has 1 heterocycles. The van der Waals surface area contributed by atoms with Crippen LogP contribution in [0.4, 0.5) is 0 Å². The molecule has 0 N–H and O–H groups in total. The molecule has 0 aliphatic heterocycles. The maximum absolute atomic E-state index is 6.15. The molecule has 0 saturated heterocycles. The fourth-order valence-corrected chi connectivity index (χ4v) is 4.53. The number of hydrogen-bond acceptors (Lipinski definition) is 1. The summed E-state index contributed by atoms with van der Waals surface area (Å²) in [6.07, 6.45) is 24.5. The molecule has 1 aromatic heterocycles. The van der Waals surface area contributed by atoms with E-state index >= 15 is 0 Å². The largest absolute Gasteiger partial charge is 0.350 e. The zero-order chi connectivity index (χ0) is 22.2. The van der Waals surface area contributed by atoms with Crippen molar-refractivity contribution < 1.29 is 0 Å². The number of rotatable bonds is 17. The summed E-state index contributed by atoms with van der Waals surface area (Å²) in [5, 5.41) is 3.05. The van der Waals surface area contributed by atoms with Crippen LogP contribution in [0.2, 0.25) is 5.02 Å². The lowest BCUT2D eigenvalue weighted by Gasteiger charge is -2.06. The number of fused-ring (bicyclic) bond motifs is 1. The predicted octanol–water partition coefficient (Wildman–Crippen LogP) is 9.61. The van der Waals surface area contributed by atoms with Gasteiger partial charge >= 0.3 is 0 Å². The second-order valence-electron chi connectivity index (χ2n) is 9.16. The first-order valence-corrected chi connectivity index (χ1v) is 13.4. The van der Waals surface area contributed by atoms with Gasteiger partial charge < -0.3 is 4.57 Å². The molecule has 4 heteroatoms. The molecule has 0 spiro atoms. The van der Waals surface area contributed by atoms with Gasteiger partial charge in [0.05, 0.1) is 10.9 Å². The lowest BCUT2D eigenvalue weighted by molar-refractivity contribution is 0.530. The molecule has 0 aliphatic carbocycles. The van der Waals surface area contributed by atoms with Crippen molar-refractivity contribution in [2.75, 3.05) is 6.54 Å². The standard InChI is InChI=1S/C28H45ClN2.HI/c1-3-4-5-6-7-8-9-10-11-12-13-14-15-16-17-18-22-30-27-21-23-31(2)28-24-25(29)19-20-26(27)28;/h19-21,23-24H,3-18,22H2,1-2H3;1H. The van der Waals surface area contributed by atoms with Crippen LogP contribution >= 0.6 is 35.6 Å². The Morgan fingerprint density at radius 1 is 0.719 bits per heavy atom. The zero-order valence-electron chi connectivity index (χ0n) is 20.6. The normalized spacial score (nSPS) is 11.8. The van der Waals surface area contributed by atoms with Gasteiger partial charge in [-0.1, -0.05) is 115 Å². The van der Waals surface area contributed by atoms with E-state index in [1.807, 2.05) is 12.1 Å². The molecule has 0 bridgehead atoms. The van der Waals surface area contributed by atoms with Crippen LogP contribution in [-0.4, -0.2) is 11.1 Å². The summed E-state index contributed by atoms with van der Waals surface area (Å²) in [4.78, 5) is 4.85. The molecule has 2 rings (SSSR count). The Balaban J connectivity index is 0.00000512. The molecule has 0 saturated carbocycles. The van der Waals surface area contributed by atoms with Gasteiger partial charge in [0.1, 0.15) is 0 Å². The molecule has 0 aliphatic rings. The van der Waals surface area contributed by atoms with Crippen LogP contribution in [0.1, 0.15) is 110 Å². The lowest BCUT2D eigenvalue weighted by Crippen LogP contribution is -2.08. The van der Waals surface area contributed by atoms with Crippen molar-refractivity contribution in [1.29, 1.82) is 0 Å². The second-order valence-corrected chi connectivity index (χ2v) is 9.59. The second kappa shape index (κ2) is 18.8. The highest BCUT2D eigenvalue weighted by atomic mass is 127. The number of aryl methyl sites for hydroxylation is 1. The molecule has 2 nitrogen and oxygen atoms in total. The van der Waals surface area contributed by atoms with Gasteiger partial charge in [0.25, 0.3) is 0 Å². The minimum absolute atomic E-state index is 0. The zero-order valence-corrected chi connectivity index (χ0v) is 23.7. The van der Waals surface area contributed by atoms with Crippen molar-refractivity contribution in [3.63, 3.8) is 0 Å². The van der Waals surface area contributed by atoms with Gasteiger partial charge in [-0.15, -0.1) is 24.0 Å². The highest BCUT2D eigenvalue weighted by molar-refractivity contribution is 14.0. The van der Waals surface area contributed by atoms with Crippen LogP contribution in [0, 0.1) is 0 Å². The molecule has 32 heavy (non-hydrogen) atoms. The molecular weight excluding hydrogens is 527 g/mol. The fourth-order valence-electron chi connectivity index (χ4n) is 4.36. The van der Waals surface area contributed by atoms with E-state index < -0.39 is 0 Å². The third kappa shape index (κ3) is 12.1. The monoisotopic (exact) mass is 572 g/mol. The van der Waals surface area contributed by atoms with Gasteiger partial charge in [-0.25, -0.2) is 0 Å². The van der Waals surface area contributed by atoms with Gasteiger partial charge in [0.15, 0.2) is 0 Å². The molecule has 0 amide bonds. The summed E-state index contributed by atoms with van der Waals surface area (Å²) in [7, 11) is 2.05. The van der Waals surface area contributed by atoms with Crippen LogP contribution in [0.3, 0.4) is 0 Å². The number of benzene rings is 1. The lowest BCUT2D eigenvalue weighted by atomic mass is 10.0. The minimum atomic E-state index is 0. The number of halogens is 2. The summed E-state index contributed by atoms with van der Waals surface area (Å²) in [5.74, 6) is 0. The molecule has 1 aromatic carbocycles. The maximum atomic E-state index is 6.15. The van der Waals surface area contributed by atoms with E-state index in [0.29, 0.717) is 0 Å². The summed E-state index contributed by atoms with van der Waals surface area (Å²) >= 11 is 6.15. The van der Waals surface area contributed by atoms with Crippen molar-refractivity contribution in [2.45, 2.75) is 110 Å². The molecule has 0 radical (unpaired) electrons. The molecular formula is C28H46ClIN2. The number of aromatic nitrogens is 1. The number of pyridine rings is 1. The average Bonchev–Trinajstić information content (AvgIpc) is 2.77. The van der Waals surface area contributed by atoms with Gasteiger partial charge in [0.2, 0.25) is 0 Å².